The standard InChI is InChI=1S/C12H17F3N2/c1-8(2)17-7-10(6-5-9-3-4-9)11(16-17)12(13,14)15/h7-9H,3-6H2,1-2H3. The molecule has 0 bridgehead atoms. The van der Waals surface area contributed by atoms with Crippen molar-refractivity contribution in [2.75, 3.05) is 0 Å². The Balaban J connectivity index is 2.20. The van der Waals surface area contributed by atoms with Crippen molar-refractivity contribution in [3.8, 4) is 0 Å². The van der Waals surface area contributed by atoms with Gasteiger partial charge in [0.1, 0.15) is 0 Å². The lowest BCUT2D eigenvalue weighted by Gasteiger charge is -2.05. The predicted octanol–water partition coefficient (Wildman–Crippen LogP) is 3.83. The van der Waals surface area contributed by atoms with E-state index in [2.05, 4.69) is 5.10 Å². The maximum atomic E-state index is 12.8. The number of hydrogen-bond donors (Lipinski definition) is 0. The summed E-state index contributed by atoms with van der Waals surface area (Å²) in [4.78, 5) is 0. The van der Waals surface area contributed by atoms with Crippen LogP contribution in [0.25, 0.3) is 0 Å². The van der Waals surface area contributed by atoms with Gasteiger partial charge in [0, 0.05) is 17.8 Å². The van der Waals surface area contributed by atoms with E-state index in [-0.39, 0.29) is 6.04 Å². The quantitative estimate of drug-likeness (QED) is 0.789. The first-order valence-electron chi connectivity index (χ1n) is 6.03. The Morgan fingerprint density at radius 2 is 2.06 bits per heavy atom. The topological polar surface area (TPSA) is 17.8 Å². The van der Waals surface area contributed by atoms with Crippen molar-refractivity contribution in [2.45, 2.75) is 51.7 Å². The summed E-state index contributed by atoms with van der Waals surface area (Å²) in [5.41, 5.74) is -0.357. The average molecular weight is 246 g/mol. The van der Waals surface area contributed by atoms with Crippen LogP contribution in [0.4, 0.5) is 13.2 Å². The van der Waals surface area contributed by atoms with Crippen molar-refractivity contribution in [1.82, 2.24) is 9.78 Å². The van der Waals surface area contributed by atoms with E-state index in [9.17, 15) is 13.2 Å². The summed E-state index contributed by atoms with van der Waals surface area (Å²) in [7, 11) is 0. The third kappa shape index (κ3) is 3.01. The number of rotatable bonds is 4. The van der Waals surface area contributed by atoms with Crippen LogP contribution in [0.2, 0.25) is 0 Å². The van der Waals surface area contributed by atoms with Gasteiger partial charge in [-0.05, 0) is 32.6 Å². The van der Waals surface area contributed by atoms with Crippen LogP contribution in [0, 0.1) is 5.92 Å². The number of halogens is 3. The summed E-state index contributed by atoms with van der Waals surface area (Å²) in [6.07, 6.45) is 0.896. The van der Waals surface area contributed by atoms with Crippen LogP contribution in [0.3, 0.4) is 0 Å². The van der Waals surface area contributed by atoms with Gasteiger partial charge in [0.05, 0.1) is 0 Å². The van der Waals surface area contributed by atoms with Gasteiger partial charge in [-0.2, -0.15) is 18.3 Å². The molecule has 96 valence electrons. The van der Waals surface area contributed by atoms with Gasteiger partial charge >= 0.3 is 6.18 Å². The van der Waals surface area contributed by atoms with E-state index in [1.807, 2.05) is 13.8 Å². The molecule has 1 heterocycles. The molecule has 0 saturated heterocycles. The minimum Gasteiger partial charge on any atom is -0.269 e. The van der Waals surface area contributed by atoms with Gasteiger partial charge in [-0.25, -0.2) is 0 Å². The molecule has 0 amide bonds. The molecule has 1 aliphatic rings. The molecular formula is C12H17F3N2. The van der Waals surface area contributed by atoms with Crippen LogP contribution >= 0.6 is 0 Å². The highest BCUT2D eigenvalue weighted by atomic mass is 19.4. The summed E-state index contributed by atoms with van der Waals surface area (Å²) in [6.45, 7) is 3.66. The highest BCUT2D eigenvalue weighted by Crippen LogP contribution is 2.36. The predicted molar refractivity (Wildman–Crippen MR) is 58.7 cm³/mol. The summed E-state index contributed by atoms with van der Waals surface area (Å²) in [5.74, 6) is 0.637. The molecule has 2 rings (SSSR count). The van der Waals surface area contributed by atoms with Crippen molar-refractivity contribution in [2.24, 2.45) is 5.92 Å². The molecule has 0 N–H and O–H groups in total. The van der Waals surface area contributed by atoms with Crippen LogP contribution in [0.15, 0.2) is 6.20 Å². The van der Waals surface area contributed by atoms with Crippen LogP contribution in [0.5, 0.6) is 0 Å². The Morgan fingerprint density at radius 1 is 1.41 bits per heavy atom. The molecule has 17 heavy (non-hydrogen) atoms. The Morgan fingerprint density at radius 3 is 2.53 bits per heavy atom. The first-order chi connectivity index (χ1) is 7.88. The lowest BCUT2D eigenvalue weighted by atomic mass is 10.1. The Labute approximate surface area is 98.8 Å². The second kappa shape index (κ2) is 4.35. The molecule has 1 aromatic heterocycles. The maximum absolute atomic E-state index is 12.8. The molecule has 0 spiro atoms. The monoisotopic (exact) mass is 246 g/mol. The molecule has 5 heteroatoms. The molecule has 0 atom stereocenters. The summed E-state index contributed by atoms with van der Waals surface area (Å²) >= 11 is 0. The van der Waals surface area contributed by atoms with Gasteiger partial charge in [0.15, 0.2) is 5.69 Å². The fourth-order valence-electron chi connectivity index (χ4n) is 1.88. The van der Waals surface area contributed by atoms with Crippen LogP contribution in [0.1, 0.15) is 50.4 Å². The smallest absolute Gasteiger partial charge is 0.269 e. The second-order valence-corrected chi connectivity index (χ2v) is 5.06. The normalized spacial score (nSPS) is 16.8. The fourth-order valence-corrected chi connectivity index (χ4v) is 1.88. The molecule has 0 aromatic carbocycles. The molecule has 1 aliphatic carbocycles. The third-order valence-corrected chi connectivity index (χ3v) is 3.12. The lowest BCUT2D eigenvalue weighted by molar-refractivity contribution is -0.142. The summed E-state index contributed by atoms with van der Waals surface area (Å²) < 4.78 is 39.8. The SMILES string of the molecule is CC(C)n1cc(CCC2CC2)c(C(F)(F)F)n1. The van der Waals surface area contributed by atoms with Gasteiger partial charge in [-0.1, -0.05) is 12.8 Å². The zero-order chi connectivity index (χ0) is 12.6. The minimum atomic E-state index is -4.33. The van der Waals surface area contributed by atoms with Crippen molar-refractivity contribution in [3.63, 3.8) is 0 Å². The van der Waals surface area contributed by atoms with E-state index in [0.717, 1.165) is 6.42 Å². The van der Waals surface area contributed by atoms with Gasteiger partial charge in [-0.15, -0.1) is 0 Å². The Kier molecular flexibility index (Phi) is 3.19. The van der Waals surface area contributed by atoms with Crippen molar-refractivity contribution < 1.29 is 13.2 Å². The van der Waals surface area contributed by atoms with Crippen LogP contribution < -0.4 is 0 Å². The first-order valence-corrected chi connectivity index (χ1v) is 6.03. The molecule has 0 aliphatic heterocycles. The van der Waals surface area contributed by atoms with E-state index in [1.54, 1.807) is 6.20 Å². The number of aryl methyl sites for hydroxylation is 1. The van der Waals surface area contributed by atoms with Gasteiger partial charge < -0.3 is 0 Å². The van der Waals surface area contributed by atoms with E-state index in [1.165, 1.54) is 17.5 Å². The van der Waals surface area contributed by atoms with Crippen molar-refractivity contribution >= 4 is 0 Å². The molecule has 1 aromatic rings. The van der Waals surface area contributed by atoms with Gasteiger partial charge in [-0.3, -0.25) is 4.68 Å². The molecule has 2 nitrogen and oxygen atoms in total. The zero-order valence-electron chi connectivity index (χ0n) is 10.1. The van der Waals surface area contributed by atoms with Crippen molar-refractivity contribution in [3.05, 3.63) is 17.5 Å². The van der Waals surface area contributed by atoms with E-state index < -0.39 is 11.9 Å². The lowest BCUT2D eigenvalue weighted by Crippen LogP contribution is -2.10. The average Bonchev–Trinajstić information content (AvgIpc) is 2.91. The zero-order valence-corrected chi connectivity index (χ0v) is 10.1. The summed E-state index contributed by atoms with van der Waals surface area (Å²) in [5, 5.41) is 3.67. The maximum Gasteiger partial charge on any atom is 0.435 e. The first kappa shape index (κ1) is 12.5. The largest absolute Gasteiger partial charge is 0.435 e. The van der Waals surface area contributed by atoms with Gasteiger partial charge in [0.2, 0.25) is 0 Å². The van der Waals surface area contributed by atoms with Gasteiger partial charge in [0.25, 0.3) is 0 Å². The van der Waals surface area contributed by atoms with E-state index >= 15 is 0 Å². The Bertz CT molecular complexity index is 389. The molecular weight excluding hydrogens is 229 g/mol. The highest BCUT2D eigenvalue weighted by Gasteiger charge is 2.37. The Hall–Kier alpha value is -1.00. The van der Waals surface area contributed by atoms with Crippen LogP contribution in [-0.4, -0.2) is 9.78 Å². The second-order valence-electron chi connectivity index (χ2n) is 5.06. The number of aromatic nitrogens is 2. The molecule has 0 radical (unpaired) electrons. The number of alkyl halides is 3. The minimum absolute atomic E-state index is 0.0363. The highest BCUT2D eigenvalue weighted by molar-refractivity contribution is 5.20. The number of hydrogen-bond acceptors (Lipinski definition) is 1. The van der Waals surface area contributed by atoms with Crippen LogP contribution in [-0.2, 0) is 12.6 Å². The van der Waals surface area contributed by atoms with E-state index in [0.29, 0.717) is 17.9 Å². The van der Waals surface area contributed by atoms with Crippen molar-refractivity contribution in [1.29, 1.82) is 0 Å². The third-order valence-electron chi connectivity index (χ3n) is 3.12. The fraction of sp³-hybridized carbons (Fsp3) is 0.750. The number of nitrogens with zero attached hydrogens (tertiary/aromatic N) is 2. The molecule has 0 unspecified atom stereocenters. The van der Waals surface area contributed by atoms with E-state index in [4.69, 9.17) is 0 Å². The molecule has 1 saturated carbocycles. The molecule has 1 fully saturated rings. The summed E-state index contributed by atoms with van der Waals surface area (Å²) in [6, 6.07) is -0.0363.